The first-order valence-electron chi connectivity index (χ1n) is 5.64. The van der Waals surface area contributed by atoms with Crippen LogP contribution in [0.15, 0.2) is 11.8 Å². The highest BCUT2D eigenvalue weighted by molar-refractivity contribution is 7.14. The van der Waals surface area contributed by atoms with Gasteiger partial charge in [-0.1, -0.05) is 0 Å². The number of nitrogens with zero attached hydrogens (tertiary/aromatic N) is 2. The summed E-state index contributed by atoms with van der Waals surface area (Å²) in [6.07, 6.45) is 4.22. The van der Waals surface area contributed by atoms with Crippen molar-refractivity contribution in [3.8, 4) is 0 Å². The van der Waals surface area contributed by atoms with Gasteiger partial charge in [0, 0.05) is 25.2 Å². The summed E-state index contributed by atoms with van der Waals surface area (Å²) in [6, 6.07) is 0. The van der Waals surface area contributed by atoms with E-state index in [-0.39, 0.29) is 10.6 Å². The fraction of sp³-hybridized carbons (Fsp3) is 0.417. The minimum absolute atomic E-state index is 0.243. The molecule has 18 heavy (non-hydrogen) atoms. The molecule has 0 saturated carbocycles. The minimum atomic E-state index is -1.22. The Labute approximate surface area is 109 Å². The molecule has 0 atom stereocenters. The van der Waals surface area contributed by atoms with Crippen molar-refractivity contribution >= 4 is 23.1 Å². The van der Waals surface area contributed by atoms with Gasteiger partial charge < -0.3 is 10.0 Å². The smallest absolute Gasteiger partial charge is 0.341 e. The Morgan fingerprint density at radius 1 is 1.39 bits per heavy atom. The van der Waals surface area contributed by atoms with Crippen molar-refractivity contribution in [1.82, 2.24) is 9.88 Å². The van der Waals surface area contributed by atoms with Crippen LogP contribution in [0.5, 0.6) is 0 Å². The summed E-state index contributed by atoms with van der Waals surface area (Å²) in [5.41, 5.74) is 0.713. The standard InChI is InChI=1S/C12H14N2O3S/c1-14(2)6-7(12(16)17)10(15)11-13-8-4-3-5-9(8)18-11/h6H,3-5H2,1-2H3,(H,16,17)/b7-6-. The van der Waals surface area contributed by atoms with Crippen LogP contribution in [0.1, 0.15) is 26.8 Å². The molecule has 96 valence electrons. The second-order valence-electron chi connectivity index (χ2n) is 4.38. The summed E-state index contributed by atoms with van der Waals surface area (Å²) < 4.78 is 0. The number of carbonyl (C=O) groups is 2. The molecular weight excluding hydrogens is 252 g/mol. The summed E-state index contributed by atoms with van der Waals surface area (Å²) >= 11 is 1.32. The van der Waals surface area contributed by atoms with Crippen LogP contribution in [0.3, 0.4) is 0 Å². The summed E-state index contributed by atoms with van der Waals surface area (Å²) in [4.78, 5) is 30.1. The van der Waals surface area contributed by atoms with Crippen LogP contribution >= 0.6 is 11.3 Å². The number of carboxylic acids is 1. The maximum atomic E-state index is 12.1. The second kappa shape index (κ2) is 4.89. The number of carboxylic acid groups (broad SMARTS) is 1. The Morgan fingerprint density at radius 2 is 2.11 bits per heavy atom. The number of rotatable bonds is 4. The van der Waals surface area contributed by atoms with Gasteiger partial charge in [0.15, 0.2) is 5.01 Å². The van der Waals surface area contributed by atoms with Gasteiger partial charge >= 0.3 is 5.97 Å². The third-order valence-corrected chi connectivity index (χ3v) is 3.81. The van der Waals surface area contributed by atoms with Gasteiger partial charge in [0.2, 0.25) is 5.78 Å². The quantitative estimate of drug-likeness (QED) is 0.385. The van der Waals surface area contributed by atoms with Gasteiger partial charge in [-0.3, -0.25) is 4.79 Å². The number of hydrogen-bond acceptors (Lipinski definition) is 5. The number of aromatic nitrogens is 1. The normalized spacial score (nSPS) is 14.4. The summed E-state index contributed by atoms with van der Waals surface area (Å²) in [6.45, 7) is 0. The lowest BCUT2D eigenvalue weighted by Crippen LogP contribution is -2.16. The topological polar surface area (TPSA) is 70.5 Å². The van der Waals surface area contributed by atoms with Crippen LogP contribution in [0.2, 0.25) is 0 Å². The van der Waals surface area contributed by atoms with E-state index in [1.807, 2.05) is 0 Å². The average Bonchev–Trinajstić information content (AvgIpc) is 2.83. The largest absolute Gasteiger partial charge is 0.477 e. The number of aliphatic carboxylic acids is 1. The van der Waals surface area contributed by atoms with Crippen molar-refractivity contribution in [3.05, 3.63) is 27.4 Å². The third kappa shape index (κ3) is 2.43. The number of Topliss-reactive ketones (excluding diaryl/α,β-unsaturated/α-hetero) is 1. The lowest BCUT2D eigenvalue weighted by Gasteiger charge is -2.06. The van der Waals surface area contributed by atoms with Gasteiger partial charge in [0.05, 0.1) is 5.69 Å². The molecule has 0 unspecified atom stereocenters. The lowest BCUT2D eigenvalue weighted by atomic mass is 10.2. The highest BCUT2D eigenvalue weighted by atomic mass is 32.1. The van der Waals surface area contributed by atoms with Crippen molar-refractivity contribution in [3.63, 3.8) is 0 Å². The predicted octanol–water partition coefficient (Wildman–Crippen LogP) is 1.34. The molecule has 1 aromatic heterocycles. The van der Waals surface area contributed by atoms with Gasteiger partial charge in [0.25, 0.3) is 0 Å². The molecule has 1 aliphatic carbocycles. The van der Waals surface area contributed by atoms with E-state index in [1.54, 1.807) is 19.0 Å². The van der Waals surface area contributed by atoms with Crippen LogP contribution in [0.4, 0.5) is 0 Å². The van der Waals surface area contributed by atoms with E-state index < -0.39 is 11.8 Å². The molecule has 0 saturated heterocycles. The molecule has 1 aromatic rings. The lowest BCUT2D eigenvalue weighted by molar-refractivity contribution is -0.132. The van der Waals surface area contributed by atoms with Crippen molar-refractivity contribution in [1.29, 1.82) is 0 Å². The number of aryl methyl sites for hydroxylation is 2. The molecule has 0 aliphatic heterocycles. The molecule has 1 aliphatic rings. The number of ketones is 1. The van der Waals surface area contributed by atoms with Gasteiger partial charge in [-0.2, -0.15) is 0 Å². The second-order valence-corrected chi connectivity index (χ2v) is 5.47. The molecule has 5 nitrogen and oxygen atoms in total. The highest BCUT2D eigenvalue weighted by Gasteiger charge is 2.25. The van der Waals surface area contributed by atoms with E-state index in [0.29, 0.717) is 0 Å². The van der Waals surface area contributed by atoms with E-state index in [2.05, 4.69) is 4.98 Å². The first-order chi connectivity index (χ1) is 8.49. The molecule has 0 bridgehead atoms. The van der Waals surface area contributed by atoms with Crippen LogP contribution < -0.4 is 0 Å². The van der Waals surface area contributed by atoms with Crippen LogP contribution in [-0.4, -0.2) is 40.8 Å². The van der Waals surface area contributed by atoms with Gasteiger partial charge in [-0.25, -0.2) is 9.78 Å². The van der Waals surface area contributed by atoms with E-state index in [1.165, 1.54) is 17.5 Å². The third-order valence-electron chi connectivity index (χ3n) is 2.65. The number of thiazole rings is 1. The van der Waals surface area contributed by atoms with E-state index >= 15 is 0 Å². The Morgan fingerprint density at radius 3 is 2.67 bits per heavy atom. The number of fused-ring (bicyclic) bond motifs is 1. The van der Waals surface area contributed by atoms with Crippen molar-refractivity contribution in [2.45, 2.75) is 19.3 Å². The Balaban J connectivity index is 2.31. The maximum Gasteiger partial charge on any atom is 0.341 e. The van der Waals surface area contributed by atoms with Crippen LogP contribution in [0, 0.1) is 0 Å². The molecule has 6 heteroatoms. The molecule has 0 aromatic carbocycles. The fourth-order valence-corrected chi connectivity index (χ4v) is 2.98. The van der Waals surface area contributed by atoms with E-state index in [9.17, 15) is 9.59 Å². The van der Waals surface area contributed by atoms with Gasteiger partial charge in [-0.15, -0.1) is 11.3 Å². The van der Waals surface area contributed by atoms with Crippen LogP contribution in [-0.2, 0) is 17.6 Å². The van der Waals surface area contributed by atoms with Crippen molar-refractivity contribution < 1.29 is 14.7 Å². The monoisotopic (exact) mass is 266 g/mol. The zero-order valence-corrected chi connectivity index (χ0v) is 11.1. The average molecular weight is 266 g/mol. The van der Waals surface area contributed by atoms with Gasteiger partial charge in [-0.05, 0) is 19.3 Å². The van der Waals surface area contributed by atoms with E-state index in [0.717, 1.165) is 29.8 Å². The number of carbonyl (C=O) groups excluding carboxylic acids is 1. The zero-order valence-electron chi connectivity index (χ0n) is 10.3. The first-order valence-corrected chi connectivity index (χ1v) is 6.45. The SMILES string of the molecule is CN(C)/C=C(\C(=O)O)C(=O)c1nc2c(s1)CCC2. The molecule has 0 spiro atoms. The number of hydrogen-bond donors (Lipinski definition) is 1. The molecule has 0 amide bonds. The predicted molar refractivity (Wildman–Crippen MR) is 67.9 cm³/mol. The van der Waals surface area contributed by atoms with Crippen molar-refractivity contribution in [2.24, 2.45) is 0 Å². The minimum Gasteiger partial charge on any atom is -0.477 e. The summed E-state index contributed by atoms with van der Waals surface area (Å²) in [7, 11) is 3.36. The van der Waals surface area contributed by atoms with Gasteiger partial charge in [0.1, 0.15) is 5.57 Å². The molecule has 0 radical (unpaired) electrons. The molecule has 1 heterocycles. The maximum absolute atomic E-state index is 12.1. The Kier molecular flexibility index (Phi) is 3.47. The fourth-order valence-electron chi connectivity index (χ4n) is 1.87. The molecule has 1 N–H and O–H groups in total. The molecule has 2 rings (SSSR count). The first kappa shape index (κ1) is 12.8. The highest BCUT2D eigenvalue weighted by Crippen LogP contribution is 2.28. The summed E-state index contributed by atoms with van der Waals surface area (Å²) in [5, 5.41) is 9.35. The van der Waals surface area contributed by atoms with Crippen molar-refractivity contribution in [2.75, 3.05) is 14.1 Å². The Bertz CT molecular complexity index is 510. The van der Waals surface area contributed by atoms with E-state index in [4.69, 9.17) is 5.11 Å². The Hall–Kier alpha value is -1.69. The zero-order chi connectivity index (χ0) is 13.3. The molecule has 0 fully saturated rings. The van der Waals surface area contributed by atoms with Crippen LogP contribution in [0.25, 0.3) is 0 Å². The molecular formula is C12H14N2O3S. The summed E-state index contributed by atoms with van der Waals surface area (Å²) in [5.74, 6) is -1.72.